The summed E-state index contributed by atoms with van der Waals surface area (Å²) in [5.41, 5.74) is 0.327. The van der Waals surface area contributed by atoms with Crippen LogP contribution in [0.3, 0.4) is 0 Å². The molecule has 0 radical (unpaired) electrons. The molecule has 0 aliphatic rings. The second-order valence-electron chi connectivity index (χ2n) is 3.27. The molecule has 0 heterocycles. The van der Waals surface area contributed by atoms with E-state index in [0.29, 0.717) is 10.2 Å². The quantitative estimate of drug-likeness (QED) is 0.916. The smallest absolute Gasteiger partial charge is 0.241 e. The number of rotatable bonds is 3. The van der Waals surface area contributed by atoms with Gasteiger partial charge in [-0.05, 0) is 18.2 Å². The van der Waals surface area contributed by atoms with Crippen molar-refractivity contribution in [1.82, 2.24) is 4.90 Å². The lowest BCUT2D eigenvalue weighted by atomic mass is 10.3. The van der Waals surface area contributed by atoms with Crippen LogP contribution in [0.15, 0.2) is 22.7 Å². The Hall–Kier alpha value is -1.10. The van der Waals surface area contributed by atoms with Gasteiger partial charge in [0.25, 0.3) is 0 Å². The summed E-state index contributed by atoms with van der Waals surface area (Å²) >= 11 is 3.16. The van der Waals surface area contributed by atoms with Gasteiger partial charge in [-0.1, -0.05) is 15.9 Å². The van der Waals surface area contributed by atoms with Crippen LogP contribution < -0.4 is 5.32 Å². The number of nitrogens with one attached hydrogen (secondary N) is 1. The second-order valence-corrected chi connectivity index (χ2v) is 4.18. The van der Waals surface area contributed by atoms with Crippen LogP contribution in [0.25, 0.3) is 0 Å². The van der Waals surface area contributed by atoms with E-state index in [1.54, 1.807) is 26.2 Å². The molecule has 1 rings (SSSR count). The fourth-order valence-electron chi connectivity index (χ4n) is 0.962. The fraction of sp³-hybridized carbons (Fsp3) is 0.300. The fourth-order valence-corrected chi connectivity index (χ4v) is 1.29. The highest BCUT2D eigenvalue weighted by atomic mass is 79.9. The molecule has 82 valence electrons. The molecule has 0 saturated heterocycles. The van der Waals surface area contributed by atoms with E-state index < -0.39 is 0 Å². The Morgan fingerprint density at radius 1 is 1.53 bits per heavy atom. The molecule has 0 aromatic heterocycles. The molecule has 15 heavy (non-hydrogen) atoms. The van der Waals surface area contributed by atoms with E-state index in [1.165, 1.54) is 11.0 Å². The first-order chi connectivity index (χ1) is 7.00. The van der Waals surface area contributed by atoms with Crippen LogP contribution in [0.2, 0.25) is 0 Å². The molecule has 0 bridgehead atoms. The highest BCUT2D eigenvalue weighted by Gasteiger charge is 2.06. The van der Waals surface area contributed by atoms with Crippen LogP contribution in [0.5, 0.6) is 0 Å². The Kier molecular flexibility index (Phi) is 4.08. The van der Waals surface area contributed by atoms with Gasteiger partial charge < -0.3 is 10.2 Å². The average molecular weight is 275 g/mol. The molecule has 5 heteroatoms. The lowest BCUT2D eigenvalue weighted by Gasteiger charge is -2.12. The maximum absolute atomic E-state index is 13.3. The third-order valence-corrected chi connectivity index (χ3v) is 2.35. The van der Waals surface area contributed by atoms with Crippen molar-refractivity contribution in [2.75, 3.05) is 26.0 Å². The number of halogens is 2. The van der Waals surface area contributed by atoms with Crippen molar-refractivity contribution in [3.63, 3.8) is 0 Å². The molecular weight excluding hydrogens is 263 g/mol. The van der Waals surface area contributed by atoms with Crippen LogP contribution in [-0.2, 0) is 4.79 Å². The summed E-state index contributed by atoms with van der Waals surface area (Å²) in [5.74, 6) is -0.478. The number of carbonyl (C=O) groups excluding carboxylic acids is 1. The van der Waals surface area contributed by atoms with Crippen LogP contribution in [0.4, 0.5) is 10.1 Å². The molecule has 0 aliphatic carbocycles. The van der Waals surface area contributed by atoms with E-state index in [2.05, 4.69) is 21.2 Å². The average Bonchev–Trinajstić information content (AvgIpc) is 2.15. The molecule has 0 unspecified atom stereocenters. The molecular formula is C10H12BrFN2O. The number of nitrogens with zero attached hydrogens (tertiary/aromatic N) is 1. The number of carbonyl (C=O) groups is 1. The Bertz CT molecular complexity index is 368. The van der Waals surface area contributed by atoms with Crippen molar-refractivity contribution in [1.29, 1.82) is 0 Å². The van der Waals surface area contributed by atoms with Crippen molar-refractivity contribution < 1.29 is 9.18 Å². The molecule has 1 amide bonds. The molecule has 0 atom stereocenters. The number of amides is 1. The lowest BCUT2D eigenvalue weighted by Crippen LogP contribution is -2.28. The lowest BCUT2D eigenvalue weighted by molar-refractivity contribution is -0.126. The topological polar surface area (TPSA) is 32.3 Å². The molecule has 0 spiro atoms. The van der Waals surface area contributed by atoms with Crippen molar-refractivity contribution >= 4 is 27.5 Å². The molecule has 0 aliphatic heterocycles. The van der Waals surface area contributed by atoms with Gasteiger partial charge in [0.05, 0.1) is 12.2 Å². The van der Waals surface area contributed by atoms with Crippen molar-refractivity contribution in [3.05, 3.63) is 28.5 Å². The van der Waals surface area contributed by atoms with Gasteiger partial charge in [0.1, 0.15) is 5.82 Å². The SMILES string of the molecule is CN(C)C(=O)CNc1ccc(Br)cc1F. The predicted molar refractivity (Wildman–Crippen MR) is 61.3 cm³/mol. The largest absolute Gasteiger partial charge is 0.374 e. The Morgan fingerprint density at radius 3 is 2.73 bits per heavy atom. The van der Waals surface area contributed by atoms with Gasteiger partial charge in [0, 0.05) is 18.6 Å². The first-order valence-corrected chi connectivity index (χ1v) is 5.19. The first kappa shape index (κ1) is 12.0. The molecule has 1 aromatic rings. The van der Waals surface area contributed by atoms with Crippen molar-refractivity contribution in [3.8, 4) is 0 Å². The third-order valence-electron chi connectivity index (χ3n) is 1.86. The zero-order valence-electron chi connectivity index (χ0n) is 8.55. The molecule has 3 nitrogen and oxygen atoms in total. The van der Waals surface area contributed by atoms with Gasteiger partial charge in [0.2, 0.25) is 5.91 Å². The zero-order valence-corrected chi connectivity index (χ0v) is 10.1. The van der Waals surface area contributed by atoms with Gasteiger partial charge in [-0.2, -0.15) is 0 Å². The minimum absolute atomic E-state index is 0.0888. The van der Waals surface area contributed by atoms with Crippen LogP contribution >= 0.6 is 15.9 Å². The highest BCUT2D eigenvalue weighted by molar-refractivity contribution is 9.10. The Labute approximate surface area is 96.4 Å². The summed E-state index contributed by atoms with van der Waals surface area (Å²) in [7, 11) is 3.31. The number of benzene rings is 1. The predicted octanol–water partition coefficient (Wildman–Crippen LogP) is 2.09. The van der Waals surface area contributed by atoms with Crippen LogP contribution in [0, 0.1) is 5.82 Å². The first-order valence-electron chi connectivity index (χ1n) is 4.40. The summed E-state index contributed by atoms with van der Waals surface area (Å²) in [6.45, 7) is 0.0888. The number of hydrogen-bond donors (Lipinski definition) is 1. The molecule has 0 saturated carbocycles. The maximum Gasteiger partial charge on any atom is 0.241 e. The maximum atomic E-state index is 13.3. The summed E-state index contributed by atoms with van der Waals surface area (Å²) in [6.07, 6.45) is 0. The Balaban J connectivity index is 2.62. The normalized spacial score (nSPS) is 9.87. The minimum Gasteiger partial charge on any atom is -0.374 e. The zero-order chi connectivity index (χ0) is 11.4. The van der Waals surface area contributed by atoms with Crippen LogP contribution in [-0.4, -0.2) is 31.4 Å². The summed E-state index contributed by atoms with van der Waals surface area (Å²) in [5, 5.41) is 2.73. The highest BCUT2D eigenvalue weighted by Crippen LogP contribution is 2.18. The van der Waals surface area contributed by atoms with Gasteiger partial charge in [-0.15, -0.1) is 0 Å². The number of anilines is 1. The second kappa shape index (κ2) is 5.11. The number of likely N-dealkylation sites (N-methyl/N-ethyl adjacent to an activating group) is 1. The van der Waals surface area contributed by atoms with Gasteiger partial charge in [-0.25, -0.2) is 4.39 Å². The van der Waals surface area contributed by atoms with Crippen molar-refractivity contribution in [2.24, 2.45) is 0 Å². The van der Waals surface area contributed by atoms with E-state index in [0.717, 1.165) is 0 Å². The van der Waals surface area contributed by atoms with E-state index in [4.69, 9.17) is 0 Å². The van der Waals surface area contributed by atoms with Gasteiger partial charge in [0.15, 0.2) is 0 Å². The summed E-state index contributed by atoms with van der Waals surface area (Å²) < 4.78 is 14.0. The third kappa shape index (κ3) is 3.51. The summed E-state index contributed by atoms with van der Waals surface area (Å²) in [4.78, 5) is 12.7. The van der Waals surface area contributed by atoms with Crippen LogP contribution in [0.1, 0.15) is 0 Å². The van der Waals surface area contributed by atoms with E-state index in [9.17, 15) is 9.18 Å². The molecule has 0 fully saturated rings. The van der Waals surface area contributed by atoms with E-state index in [1.807, 2.05) is 0 Å². The summed E-state index contributed by atoms with van der Waals surface area (Å²) in [6, 6.07) is 4.65. The Morgan fingerprint density at radius 2 is 2.20 bits per heavy atom. The standard InChI is InChI=1S/C10H12BrFN2O/c1-14(2)10(15)6-13-9-4-3-7(11)5-8(9)12/h3-5,13H,6H2,1-2H3. The van der Waals surface area contributed by atoms with E-state index in [-0.39, 0.29) is 18.3 Å². The monoisotopic (exact) mass is 274 g/mol. The molecule has 1 N–H and O–H groups in total. The van der Waals surface area contributed by atoms with Gasteiger partial charge in [-0.3, -0.25) is 4.79 Å². The van der Waals surface area contributed by atoms with Gasteiger partial charge >= 0.3 is 0 Å². The minimum atomic E-state index is -0.379. The number of hydrogen-bond acceptors (Lipinski definition) is 2. The van der Waals surface area contributed by atoms with E-state index >= 15 is 0 Å². The van der Waals surface area contributed by atoms with Crippen molar-refractivity contribution in [2.45, 2.75) is 0 Å². The molecule has 1 aromatic carbocycles.